The molecular weight excluding hydrogens is 354 g/mol. The molecule has 3 rings (SSSR count). The van der Waals surface area contributed by atoms with Gasteiger partial charge in [0.25, 0.3) is 0 Å². The van der Waals surface area contributed by atoms with Gasteiger partial charge in [-0.3, -0.25) is 4.57 Å². The maximum absolute atomic E-state index is 6.21. The van der Waals surface area contributed by atoms with Crippen molar-refractivity contribution in [1.82, 2.24) is 14.8 Å². The summed E-state index contributed by atoms with van der Waals surface area (Å²) in [6.45, 7) is 0. The van der Waals surface area contributed by atoms with Crippen LogP contribution >= 0.6 is 27.5 Å². The summed E-state index contributed by atoms with van der Waals surface area (Å²) in [6.07, 6.45) is 0. The second-order valence-electron chi connectivity index (χ2n) is 4.34. The van der Waals surface area contributed by atoms with Crippen molar-refractivity contribution in [3.05, 3.63) is 58.3 Å². The van der Waals surface area contributed by atoms with E-state index in [0.29, 0.717) is 11.1 Å². The largest absolute Gasteiger partial charge is 0.497 e. The van der Waals surface area contributed by atoms with Crippen molar-refractivity contribution in [2.24, 2.45) is 0 Å². The van der Waals surface area contributed by atoms with Crippen LogP contribution in [0.1, 0.15) is 0 Å². The number of aromatic nitrogens is 3. The molecule has 1 heterocycles. The standard InChI is InChI=1S/C15H11BrClN3O/c1-21-13-8-11(16)7-12(9-13)20-14(18-19-15(20)17)10-5-3-2-4-6-10/h2-9H,1H3. The summed E-state index contributed by atoms with van der Waals surface area (Å²) in [4.78, 5) is 0. The summed E-state index contributed by atoms with van der Waals surface area (Å²) in [5, 5.41) is 8.45. The number of ether oxygens (including phenoxy) is 1. The number of nitrogens with zero attached hydrogens (tertiary/aromatic N) is 3. The van der Waals surface area contributed by atoms with Crippen molar-refractivity contribution < 1.29 is 4.74 Å². The lowest BCUT2D eigenvalue weighted by molar-refractivity contribution is 0.414. The zero-order chi connectivity index (χ0) is 14.8. The summed E-state index contributed by atoms with van der Waals surface area (Å²) in [7, 11) is 1.62. The van der Waals surface area contributed by atoms with Gasteiger partial charge in [0, 0.05) is 16.1 Å². The number of rotatable bonds is 3. The van der Waals surface area contributed by atoms with Crippen molar-refractivity contribution in [2.75, 3.05) is 7.11 Å². The van der Waals surface area contributed by atoms with Crippen LogP contribution in [0.2, 0.25) is 5.28 Å². The van der Waals surface area contributed by atoms with Crippen LogP contribution in [-0.4, -0.2) is 21.9 Å². The Kier molecular flexibility index (Phi) is 3.94. The molecule has 0 aliphatic carbocycles. The maximum atomic E-state index is 6.21. The van der Waals surface area contributed by atoms with Crippen LogP contribution < -0.4 is 4.74 Å². The molecule has 106 valence electrons. The number of hydrogen-bond donors (Lipinski definition) is 0. The number of hydrogen-bond acceptors (Lipinski definition) is 3. The van der Waals surface area contributed by atoms with Gasteiger partial charge in [-0.2, -0.15) is 0 Å². The third-order valence-corrected chi connectivity index (χ3v) is 3.71. The van der Waals surface area contributed by atoms with Gasteiger partial charge >= 0.3 is 0 Å². The molecule has 0 aliphatic heterocycles. The van der Waals surface area contributed by atoms with Crippen LogP contribution in [0.15, 0.2) is 53.0 Å². The van der Waals surface area contributed by atoms with E-state index in [0.717, 1.165) is 21.5 Å². The molecule has 0 fully saturated rings. The van der Waals surface area contributed by atoms with Crippen LogP contribution in [0.25, 0.3) is 17.1 Å². The zero-order valence-electron chi connectivity index (χ0n) is 11.1. The Labute approximate surface area is 135 Å². The summed E-state index contributed by atoms with van der Waals surface area (Å²) in [5.74, 6) is 1.41. The first-order valence-electron chi connectivity index (χ1n) is 6.20. The fourth-order valence-corrected chi connectivity index (χ4v) is 2.74. The SMILES string of the molecule is COc1cc(Br)cc(-n2c(Cl)nnc2-c2ccccc2)c1. The minimum absolute atomic E-state index is 0.300. The predicted molar refractivity (Wildman–Crippen MR) is 86.1 cm³/mol. The van der Waals surface area contributed by atoms with E-state index in [1.807, 2.05) is 48.5 Å². The second-order valence-corrected chi connectivity index (χ2v) is 5.60. The van der Waals surface area contributed by atoms with Gasteiger partial charge in [-0.05, 0) is 23.7 Å². The van der Waals surface area contributed by atoms with E-state index in [-0.39, 0.29) is 0 Å². The number of halogens is 2. The lowest BCUT2D eigenvalue weighted by Crippen LogP contribution is -1.98. The smallest absolute Gasteiger partial charge is 0.229 e. The Morgan fingerprint density at radius 2 is 1.86 bits per heavy atom. The molecule has 3 aromatic rings. The van der Waals surface area contributed by atoms with E-state index in [4.69, 9.17) is 16.3 Å². The molecule has 0 aliphatic rings. The maximum Gasteiger partial charge on any atom is 0.229 e. The molecule has 0 saturated carbocycles. The molecule has 0 unspecified atom stereocenters. The molecule has 0 amide bonds. The summed E-state index contributed by atoms with van der Waals surface area (Å²) in [5.41, 5.74) is 1.77. The monoisotopic (exact) mass is 363 g/mol. The predicted octanol–water partition coefficient (Wildman–Crippen LogP) is 4.36. The highest BCUT2D eigenvalue weighted by molar-refractivity contribution is 9.10. The lowest BCUT2D eigenvalue weighted by Gasteiger charge is -2.10. The quantitative estimate of drug-likeness (QED) is 0.693. The van der Waals surface area contributed by atoms with Gasteiger partial charge in [-0.25, -0.2) is 0 Å². The van der Waals surface area contributed by atoms with Crippen molar-refractivity contribution >= 4 is 27.5 Å². The van der Waals surface area contributed by atoms with Crippen LogP contribution in [0.4, 0.5) is 0 Å². The molecule has 0 saturated heterocycles. The normalized spacial score (nSPS) is 10.6. The van der Waals surface area contributed by atoms with Gasteiger partial charge in [-0.15, -0.1) is 10.2 Å². The first kappa shape index (κ1) is 14.1. The number of methoxy groups -OCH3 is 1. The highest BCUT2D eigenvalue weighted by atomic mass is 79.9. The minimum Gasteiger partial charge on any atom is -0.497 e. The molecule has 1 aromatic heterocycles. The highest BCUT2D eigenvalue weighted by Gasteiger charge is 2.15. The highest BCUT2D eigenvalue weighted by Crippen LogP contribution is 2.29. The summed E-state index contributed by atoms with van der Waals surface area (Å²) >= 11 is 9.68. The third kappa shape index (κ3) is 2.80. The van der Waals surface area contributed by atoms with Crippen LogP contribution in [0, 0.1) is 0 Å². The average molecular weight is 365 g/mol. The third-order valence-electron chi connectivity index (χ3n) is 3.01. The van der Waals surface area contributed by atoms with Crippen LogP contribution in [0.3, 0.4) is 0 Å². The van der Waals surface area contributed by atoms with E-state index in [1.54, 1.807) is 11.7 Å². The molecule has 6 heteroatoms. The Bertz CT molecular complexity index is 774. The van der Waals surface area contributed by atoms with Gasteiger partial charge in [0.15, 0.2) is 5.82 Å². The average Bonchev–Trinajstić information content (AvgIpc) is 2.89. The molecule has 21 heavy (non-hydrogen) atoms. The van der Waals surface area contributed by atoms with E-state index in [2.05, 4.69) is 26.1 Å². The van der Waals surface area contributed by atoms with E-state index in [1.165, 1.54) is 0 Å². The molecule has 2 aromatic carbocycles. The van der Waals surface area contributed by atoms with Gasteiger partial charge in [0.1, 0.15) is 5.75 Å². The van der Waals surface area contributed by atoms with Gasteiger partial charge in [0.2, 0.25) is 5.28 Å². The van der Waals surface area contributed by atoms with Crippen LogP contribution in [0.5, 0.6) is 5.75 Å². The van der Waals surface area contributed by atoms with Gasteiger partial charge in [-0.1, -0.05) is 46.3 Å². The van der Waals surface area contributed by atoms with E-state index < -0.39 is 0 Å². The zero-order valence-corrected chi connectivity index (χ0v) is 13.5. The Morgan fingerprint density at radius 3 is 2.57 bits per heavy atom. The van der Waals surface area contributed by atoms with E-state index in [9.17, 15) is 0 Å². The molecule has 0 bridgehead atoms. The summed E-state index contributed by atoms with van der Waals surface area (Å²) < 4.78 is 7.96. The minimum atomic E-state index is 0.300. The van der Waals surface area contributed by atoms with Crippen molar-refractivity contribution in [3.63, 3.8) is 0 Å². The van der Waals surface area contributed by atoms with Crippen molar-refractivity contribution in [2.45, 2.75) is 0 Å². The van der Waals surface area contributed by atoms with Crippen LogP contribution in [-0.2, 0) is 0 Å². The van der Waals surface area contributed by atoms with Gasteiger partial charge < -0.3 is 4.74 Å². The topological polar surface area (TPSA) is 39.9 Å². The fraction of sp³-hybridized carbons (Fsp3) is 0.0667. The lowest BCUT2D eigenvalue weighted by atomic mass is 10.2. The molecular formula is C15H11BrClN3O. The first-order valence-corrected chi connectivity index (χ1v) is 7.37. The Morgan fingerprint density at radius 1 is 1.10 bits per heavy atom. The van der Waals surface area contributed by atoms with Crippen molar-refractivity contribution in [1.29, 1.82) is 0 Å². The molecule has 4 nitrogen and oxygen atoms in total. The van der Waals surface area contributed by atoms with Crippen molar-refractivity contribution in [3.8, 4) is 22.8 Å². The number of benzene rings is 2. The fourth-order valence-electron chi connectivity index (χ4n) is 2.06. The van der Waals surface area contributed by atoms with E-state index >= 15 is 0 Å². The Balaban J connectivity index is 2.19. The summed E-state index contributed by atoms with van der Waals surface area (Å²) in [6, 6.07) is 15.5. The molecule has 0 spiro atoms. The van der Waals surface area contributed by atoms with Gasteiger partial charge in [0.05, 0.1) is 12.8 Å². The molecule has 0 atom stereocenters. The molecule has 0 radical (unpaired) electrons. The molecule has 0 N–H and O–H groups in total. The Hall–Kier alpha value is -1.85. The second kappa shape index (κ2) is 5.87. The first-order chi connectivity index (χ1) is 10.2.